The first-order chi connectivity index (χ1) is 8.08. The van der Waals surface area contributed by atoms with Crippen molar-refractivity contribution in [2.75, 3.05) is 0 Å². The second kappa shape index (κ2) is 5.63. The monoisotopic (exact) mass is 327 g/mol. The maximum atomic E-state index is 5.86. The van der Waals surface area contributed by atoms with Gasteiger partial charge in [-0.2, -0.15) is 4.98 Å². The molecule has 0 radical (unpaired) electrons. The number of rotatable bonds is 3. The highest BCUT2D eigenvalue weighted by atomic mass is 35.5. The van der Waals surface area contributed by atoms with Crippen molar-refractivity contribution in [1.29, 1.82) is 0 Å². The number of alkyl halides is 1. The Morgan fingerprint density at radius 2 is 1.76 bits per heavy atom. The standard InChI is InChI=1S/C10H5Cl4NOS/c11-4-8-9(14)15-10(17-8)16-7-2-5(12)1-6(13)3-7/h1-3H,4H2. The molecule has 2 aromatic rings. The third-order valence-corrected chi connectivity index (χ3v) is 4.01. The number of hydrogen-bond acceptors (Lipinski definition) is 3. The predicted octanol–water partition coefficient (Wildman–Crippen LogP) is 5.63. The van der Waals surface area contributed by atoms with E-state index in [1.807, 2.05) is 0 Å². The summed E-state index contributed by atoms with van der Waals surface area (Å²) < 4.78 is 5.50. The van der Waals surface area contributed by atoms with Crippen molar-refractivity contribution in [3.8, 4) is 10.9 Å². The first-order valence-electron chi connectivity index (χ1n) is 4.43. The van der Waals surface area contributed by atoms with Gasteiger partial charge in [-0.3, -0.25) is 0 Å². The molecule has 17 heavy (non-hydrogen) atoms. The van der Waals surface area contributed by atoms with E-state index in [-0.39, 0.29) is 0 Å². The molecule has 1 heterocycles. The summed E-state index contributed by atoms with van der Waals surface area (Å²) in [6.45, 7) is 0. The highest BCUT2D eigenvalue weighted by molar-refractivity contribution is 7.14. The Kier molecular flexibility index (Phi) is 4.39. The fraction of sp³-hybridized carbons (Fsp3) is 0.100. The first-order valence-corrected chi connectivity index (χ1v) is 6.92. The highest BCUT2D eigenvalue weighted by Crippen LogP contribution is 2.34. The Balaban J connectivity index is 2.24. The minimum absolute atomic E-state index is 0.302. The zero-order valence-electron chi connectivity index (χ0n) is 8.21. The quantitative estimate of drug-likeness (QED) is 0.681. The van der Waals surface area contributed by atoms with Gasteiger partial charge in [-0.25, -0.2) is 0 Å². The second-order valence-corrected chi connectivity index (χ2v) is 5.58. The minimum Gasteiger partial charge on any atom is -0.431 e. The molecular weight excluding hydrogens is 324 g/mol. The molecule has 2 nitrogen and oxygen atoms in total. The molecule has 0 saturated heterocycles. The van der Waals surface area contributed by atoms with Crippen LogP contribution in [-0.2, 0) is 5.88 Å². The van der Waals surface area contributed by atoms with E-state index >= 15 is 0 Å². The number of hydrogen-bond donors (Lipinski definition) is 0. The van der Waals surface area contributed by atoms with E-state index in [0.717, 1.165) is 4.88 Å². The van der Waals surface area contributed by atoms with Gasteiger partial charge in [-0.05, 0) is 18.2 Å². The predicted molar refractivity (Wildman–Crippen MR) is 73.2 cm³/mol. The Hall–Kier alpha value is -0.190. The molecule has 2 rings (SSSR count). The van der Waals surface area contributed by atoms with Gasteiger partial charge in [0.15, 0.2) is 0 Å². The number of nitrogens with zero attached hydrogens (tertiary/aromatic N) is 1. The van der Waals surface area contributed by atoms with Crippen molar-refractivity contribution >= 4 is 57.7 Å². The van der Waals surface area contributed by atoms with Crippen molar-refractivity contribution < 1.29 is 4.74 Å². The van der Waals surface area contributed by atoms with Crippen LogP contribution >= 0.6 is 57.7 Å². The van der Waals surface area contributed by atoms with E-state index < -0.39 is 0 Å². The Bertz CT molecular complexity index is 523. The summed E-state index contributed by atoms with van der Waals surface area (Å²) in [4.78, 5) is 4.79. The Labute approximate surface area is 122 Å². The molecule has 1 aromatic carbocycles. The molecule has 0 amide bonds. The van der Waals surface area contributed by atoms with Gasteiger partial charge in [0, 0.05) is 10.0 Å². The molecular formula is C10H5Cl4NOS. The van der Waals surface area contributed by atoms with Crippen LogP contribution in [0.3, 0.4) is 0 Å². The number of ether oxygens (including phenoxy) is 1. The van der Waals surface area contributed by atoms with Gasteiger partial charge in [0.05, 0.1) is 10.8 Å². The van der Waals surface area contributed by atoms with E-state index in [4.69, 9.17) is 51.1 Å². The van der Waals surface area contributed by atoms with Crippen LogP contribution in [0.25, 0.3) is 0 Å². The molecule has 7 heteroatoms. The van der Waals surface area contributed by atoms with E-state index in [0.29, 0.717) is 32.0 Å². The van der Waals surface area contributed by atoms with Gasteiger partial charge in [0.2, 0.25) is 0 Å². The molecule has 0 atom stereocenters. The molecule has 0 bridgehead atoms. The fourth-order valence-electron chi connectivity index (χ4n) is 1.13. The van der Waals surface area contributed by atoms with Crippen LogP contribution in [0.5, 0.6) is 10.9 Å². The maximum Gasteiger partial charge on any atom is 0.280 e. The van der Waals surface area contributed by atoms with Gasteiger partial charge in [0.25, 0.3) is 5.19 Å². The second-order valence-electron chi connectivity index (χ2n) is 3.03. The summed E-state index contributed by atoms with van der Waals surface area (Å²) in [6.07, 6.45) is 0. The summed E-state index contributed by atoms with van der Waals surface area (Å²) in [5.41, 5.74) is 0. The molecule has 0 aliphatic rings. The van der Waals surface area contributed by atoms with Gasteiger partial charge in [0.1, 0.15) is 10.9 Å². The third kappa shape index (κ3) is 3.39. The van der Waals surface area contributed by atoms with E-state index in [9.17, 15) is 0 Å². The van der Waals surface area contributed by atoms with Crippen LogP contribution in [0.4, 0.5) is 0 Å². The first kappa shape index (κ1) is 13.2. The summed E-state index contributed by atoms with van der Waals surface area (Å²) in [7, 11) is 0. The van der Waals surface area contributed by atoms with E-state index in [1.54, 1.807) is 18.2 Å². The van der Waals surface area contributed by atoms with Crippen molar-refractivity contribution in [3.05, 3.63) is 38.3 Å². The average Bonchev–Trinajstić information content (AvgIpc) is 2.57. The van der Waals surface area contributed by atoms with Gasteiger partial charge < -0.3 is 4.74 Å². The van der Waals surface area contributed by atoms with Crippen LogP contribution in [-0.4, -0.2) is 4.98 Å². The zero-order chi connectivity index (χ0) is 12.4. The lowest BCUT2D eigenvalue weighted by atomic mass is 10.3. The largest absolute Gasteiger partial charge is 0.431 e. The molecule has 90 valence electrons. The molecule has 1 aromatic heterocycles. The minimum atomic E-state index is 0.302. The van der Waals surface area contributed by atoms with Crippen LogP contribution in [0.1, 0.15) is 4.88 Å². The van der Waals surface area contributed by atoms with Gasteiger partial charge in [-0.15, -0.1) is 11.6 Å². The van der Waals surface area contributed by atoms with Crippen LogP contribution in [0, 0.1) is 0 Å². The van der Waals surface area contributed by atoms with E-state index in [2.05, 4.69) is 4.98 Å². The number of thiazole rings is 1. The van der Waals surface area contributed by atoms with Crippen molar-refractivity contribution in [2.24, 2.45) is 0 Å². The number of benzene rings is 1. The Morgan fingerprint density at radius 3 is 2.29 bits per heavy atom. The normalized spacial score (nSPS) is 10.6. The summed E-state index contributed by atoms with van der Waals surface area (Å²) in [6, 6.07) is 4.90. The summed E-state index contributed by atoms with van der Waals surface area (Å²) in [5.74, 6) is 0.810. The van der Waals surface area contributed by atoms with Crippen molar-refractivity contribution in [1.82, 2.24) is 4.98 Å². The SMILES string of the molecule is ClCc1sc(Oc2cc(Cl)cc(Cl)c2)nc1Cl. The summed E-state index contributed by atoms with van der Waals surface area (Å²) in [5, 5.41) is 1.75. The van der Waals surface area contributed by atoms with Crippen LogP contribution in [0.2, 0.25) is 15.2 Å². The van der Waals surface area contributed by atoms with Crippen LogP contribution < -0.4 is 4.74 Å². The lowest BCUT2D eigenvalue weighted by Gasteiger charge is -2.02. The topological polar surface area (TPSA) is 22.1 Å². The zero-order valence-corrected chi connectivity index (χ0v) is 12.1. The van der Waals surface area contributed by atoms with Gasteiger partial charge >= 0.3 is 0 Å². The third-order valence-electron chi connectivity index (χ3n) is 1.79. The molecule has 0 spiro atoms. The van der Waals surface area contributed by atoms with E-state index in [1.165, 1.54) is 11.3 Å². The smallest absolute Gasteiger partial charge is 0.280 e. The highest BCUT2D eigenvalue weighted by Gasteiger charge is 2.10. The molecule has 0 aliphatic carbocycles. The average molecular weight is 329 g/mol. The number of halogens is 4. The molecule has 0 fully saturated rings. The van der Waals surface area contributed by atoms with Crippen LogP contribution in [0.15, 0.2) is 18.2 Å². The van der Waals surface area contributed by atoms with Gasteiger partial charge in [-0.1, -0.05) is 46.1 Å². The lowest BCUT2D eigenvalue weighted by molar-refractivity contribution is 0.479. The Morgan fingerprint density at radius 1 is 1.12 bits per heavy atom. The lowest BCUT2D eigenvalue weighted by Crippen LogP contribution is -1.82. The van der Waals surface area contributed by atoms with Crippen molar-refractivity contribution in [3.63, 3.8) is 0 Å². The molecule has 0 saturated carbocycles. The molecule has 0 N–H and O–H groups in total. The summed E-state index contributed by atoms with van der Waals surface area (Å²) >= 11 is 24.5. The molecule has 0 aliphatic heterocycles. The molecule has 0 unspecified atom stereocenters. The maximum absolute atomic E-state index is 5.86. The number of aromatic nitrogens is 1. The fourth-order valence-corrected chi connectivity index (χ4v) is 2.97. The van der Waals surface area contributed by atoms with Crippen molar-refractivity contribution in [2.45, 2.75) is 5.88 Å².